The van der Waals surface area contributed by atoms with Gasteiger partial charge in [0.05, 0.1) is 19.1 Å². The molecule has 2 saturated heterocycles. The summed E-state index contributed by atoms with van der Waals surface area (Å²) in [6.45, 7) is -0.186. The van der Waals surface area contributed by atoms with Crippen molar-refractivity contribution in [3.63, 3.8) is 0 Å². The minimum absolute atomic E-state index is 0.183. The van der Waals surface area contributed by atoms with Crippen LogP contribution in [-0.2, 0) is 14.3 Å². The first-order chi connectivity index (χ1) is 5.72. The standard InChI is InChI=1S/C7H10O5/c8-2-4-3-1-5(9)12-6(3)7(10)11-4/h3-4,6-8,10H,1-2H2/t3-,4-,6-,7?/m1/s1. The summed E-state index contributed by atoms with van der Waals surface area (Å²) in [7, 11) is 0. The van der Waals surface area contributed by atoms with Crippen LogP contribution in [0.5, 0.6) is 0 Å². The molecule has 0 aromatic rings. The molecule has 0 aromatic heterocycles. The molecule has 2 aliphatic heterocycles. The van der Waals surface area contributed by atoms with E-state index >= 15 is 0 Å². The highest BCUT2D eigenvalue weighted by molar-refractivity contribution is 5.72. The number of ether oxygens (including phenoxy) is 2. The predicted molar refractivity (Wildman–Crippen MR) is 36.0 cm³/mol. The van der Waals surface area contributed by atoms with Crippen molar-refractivity contribution in [2.24, 2.45) is 5.92 Å². The van der Waals surface area contributed by atoms with Crippen LogP contribution in [0.2, 0.25) is 0 Å². The Morgan fingerprint density at radius 3 is 3.00 bits per heavy atom. The number of fused-ring (bicyclic) bond motifs is 1. The molecule has 4 atom stereocenters. The lowest BCUT2D eigenvalue weighted by atomic mass is 9.98. The molecule has 0 radical (unpaired) electrons. The molecule has 0 spiro atoms. The van der Waals surface area contributed by atoms with Crippen molar-refractivity contribution >= 4 is 5.97 Å². The molecule has 2 heterocycles. The van der Waals surface area contributed by atoms with Gasteiger partial charge < -0.3 is 19.7 Å². The highest BCUT2D eigenvalue weighted by Gasteiger charge is 2.51. The minimum atomic E-state index is -1.07. The van der Waals surface area contributed by atoms with E-state index in [9.17, 15) is 9.90 Å². The first-order valence-corrected chi connectivity index (χ1v) is 3.86. The lowest BCUT2D eigenvalue weighted by Gasteiger charge is -2.09. The normalized spacial score (nSPS) is 46.0. The molecule has 2 rings (SSSR count). The van der Waals surface area contributed by atoms with E-state index < -0.39 is 18.5 Å². The number of carbonyl (C=O) groups excluding carboxylic acids is 1. The van der Waals surface area contributed by atoms with Gasteiger partial charge in [-0.2, -0.15) is 0 Å². The van der Waals surface area contributed by atoms with Gasteiger partial charge in [0.1, 0.15) is 0 Å². The molecule has 68 valence electrons. The van der Waals surface area contributed by atoms with Crippen LogP contribution in [0.1, 0.15) is 6.42 Å². The maximum atomic E-state index is 10.8. The Bertz CT molecular complexity index is 204. The Morgan fingerprint density at radius 1 is 1.58 bits per heavy atom. The van der Waals surface area contributed by atoms with Crippen molar-refractivity contribution in [3.05, 3.63) is 0 Å². The summed E-state index contributed by atoms with van der Waals surface area (Å²) in [6, 6.07) is 0. The third-order valence-corrected chi connectivity index (χ3v) is 2.34. The van der Waals surface area contributed by atoms with Gasteiger partial charge >= 0.3 is 5.97 Å². The van der Waals surface area contributed by atoms with Crippen molar-refractivity contribution in [2.45, 2.75) is 24.9 Å². The number of hydrogen-bond acceptors (Lipinski definition) is 5. The molecule has 2 aliphatic rings. The minimum Gasteiger partial charge on any atom is -0.457 e. The van der Waals surface area contributed by atoms with Crippen LogP contribution in [0, 0.1) is 5.92 Å². The van der Waals surface area contributed by atoms with Crippen molar-refractivity contribution in [2.75, 3.05) is 6.61 Å². The number of aliphatic hydroxyl groups is 2. The number of esters is 1. The third-order valence-electron chi connectivity index (χ3n) is 2.34. The molecule has 0 amide bonds. The van der Waals surface area contributed by atoms with Crippen molar-refractivity contribution in [3.8, 4) is 0 Å². The van der Waals surface area contributed by atoms with Gasteiger partial charge in [0.2, 0.25) is 0 Å². The van der Waals surface area contributed by atoms with Crippen molar-refractivity contribution in [1.82, 2.24) is 0 Å². The van der Waals surface area contributed by atoms with E-state index in [0.29, 0.717) is 0 Å². The summed E-state index contributed by atoms with van der Waals surface area (Å²) < 4.78 is 9.76. The fourth-order valence-electron chi connectivity index (χ4n) is 1.74. The zero-order chi connectivity index (χ0) is 8.72. The zero-order valence-corrected chi connectivity index (χ0v) is 6.34. The average Bonchev–Trinajstić information content (AvgIpc) is 2.52. The van der Waals surface area contributed by atoms with Crippen molar-refractivity contribution in [1.29, 1.82) is 0 Å². The fraction of sp³-hybridized carbons (Fsp3) is 0.857. The Hall–Kier alpha value is -0.650. The SMILES string of the molecule is O=C1C[C@@H]2[C@@H](CO)OC(O)[C@@H]2O1. The number of aliphatic hydroxyl groups excluding tert-OH is 2. The van der Waals surface area contributed by atoms with Crippen LogP contribution in [0.3, 0.4) is 0 Å². The Morgan fingerprint density at radius 2 is 2.33 bits per heavy atom. The van der Waals surface area contributed by atoms with Crippen LogP contribution in [0.15, 0.2) is 0 Å². The molecule has 0 saturated carbocycles. The maximum absolute atomic E-state index is 10.8. The van der Waals surface area contributed by atoms with E-state index in [-0.39, 0.29) is 24.9 Å². The van der Waals surface area contributed by atoms with Crippen LogP contribution in [0.4, 0.5) is 0 Å². The quantitative estimate of drug-likeness (QED) is 0.479. The van der Waals surface area contributed by atoms with Gasteiger partial charge in [-0.05, 0) is 0 Å². The highest BCUT2D eigenvalue weighted by atomic mass is 16.7. The summed E-state index contributed by atoms with van der Waals surface area (Å²) in [5.74, 6) is -0.511. The molecule has 0 aliphatic carbocycles. The van der Waals surface area contributed by atoms with Crippen LogP contribution < -0.4 is 0 Å². The second kappa shape index (κ2) is 2.69. The molecular weight excluding hydrogens is 164 g/mol. The fourth-order valence-corrected chi connectivity index (χ4v) is 1.74. The largest absolute Gasteiger partial charge is 0.457 e. The second-order valence-corrected chi connectivity index (χ2v) is 3.07. The smallest absolute Gasteiger partial charge is 0.306 e. The van der Waals surface area contributed by atoms with Gasteiger partial charge in [0, 0.05) is 5.92 Å². The molecular formula is C7H10O5. The second-order valence-electron chi connectivity index (χ2n) is 3.07. The molecule has 0 aromatic carbocycles. The molecule has 5 nitrogen and oxygen atoms in total. The molecule has 2 fully saturated rings. The monoisotopic (exact) mass is 174 g/mol. The molecule has 5 heteroatoms. The Labute approximate surface area is 68.9 Å². The van der Waals surface area contributed by atoms with Crippen LogP contribution in [0.25, 0.3) is 0 Å². The van der Waals surface area contributed by atoms with Gasteiger partial charge in [-0.15, -0.1) is 0 Å². The topological polar surface area (TPSA) is 76.0 Å². The summed E-state index contributed by atoms with van der Waals surface area (Å²) >= 11 is 0. The predicted octanol–water partition coefficient (Wildman–Crippen LogP) is -1.37. The van der Waals surface area contributed by atoms with E-state index in [0.717, 1.165) is 0 Å². The molecule has 1 unspecified atom stereocenters. The molecule has 2 N–H and O–H groups in total. The van der Waals surface area contributed by atoms with Crippen LogP contribution >= 0.6 is 0 Å². The van der Waals surface area contributed by atoms with Crippen LogP contribution in [-0.4, -0.2) is 41.3 Å². The highest BCUT2D eigenvalue weighted by Crippen LogP contribution is 2.35. The summed E-state index contributed by atoms with van der Waals surface area (Å²) in [5.41, 5.74) is 0. The van der Waals surface area contributed by atoms with E-state index in [4.69, 9.17) is 14.6 Å². The summed E-state index contributed by atoms with van der Waals surface area (Å²) in [5, 5.41) is 18.0. The van der Waals surface area contributed by atoms with Crippen molar-refractivity contribution < 1.29 is 24.5 Å². The molecule has 0 bridgehead atoms. The Kier molecular flexibility index (Phi) is 1.79. The van der Waals surface area contributed by atoms with Gasteiger partial charge in [0.25, 0.3) is 0 Å². The lowest BCUT2D eigenvalue weighted by molar-refractivity contribution is -0.166. The van der Waals surface area contributed by atoms with E-state index in [2.05, 4.69) is 0 Å². The van der Waals surface area contributed by atoms with Gasteiger partial charge in [-0.25, -0.2) is 0 Å². The number of hydrogen-bond donors (Lipinski definition) is 2. The molecule has 12 heavy (non-hydrogen) atoms. The number of carbonyl (C=O) groups is 1. The van der Waals surface area contributed by atoms with Gasteiger partial charge in [-0.3, -0.25) is 4.79 Å². The van der Waals surface area contributed by atoms with Gasteiger partial charge in [-0.1, -0.05) is 0 Å². The van der Waals surface area contributed by atoms with Gasteiger partial charge in [0.15, 0.2) is 12.4 Å². The Balaban J connectivity index is 2.13. The van der Waals surface area contributed by atoms with E-state index in [1.807, 2.05) is 0 Å². The first-order valence-electron chi connectivity index (χ1n) is 3.86. The lowest BCUT2D eigenvalue weighted by Crippen LogP contribution is -2.24. The third kappa shape index (κ3) is 1.01. The first kappa shape index (κ1) is 7.97. The van der Waals surface area contributed by atoms with E-state index in [1.54, 1.807) is 0 Å². The summed E-state index contributed by atoms with van der Waals surface area (Å²) in [6.07, 6.45) is -1.88. The van der Waals surface area contributed by atoms with E-state index in [1.165, 1.54) is 0 Å². The summed E-state index contributed by atoms with van der Waals surface area (Å²) in [4.78, 5) is 10.8. The zero-order valence-electron chi connectivity index (χ0n) is 6.34. The maximum Gasteiger partial charge on any atom is 0.306 e. The average molecular weight is 174 g/mol. The number of rotatable bonds is 1.